The molecule has 0 bridgehead atoms. The molecule has 4 aromatic carbocycles. The minimum absolute atomic E-state index is 0.00118. The van der Waals surface area contributed by atoms with Crippen molar-refractivity contribution in [2.24, 2.45) is 0 Å². The number of carbonyl (C=O) groups excluding carboxylic acids is 2. The van der Waals surface area contributed by atoms with Crippen LogP contribution in [-0.2, 0) is 11.3 Å². The monoisotopic (exact) mass is 870 g/mol. The van der Waals surface area contributed by atoms with Crippen LogP contribution in [0.15, 0.2) is 141 Å². The Bertz CT molecular complexity index is 3440. The van der Waals surface area contributed by atoms with Crippen molar-refractivity contribution in [1.29, 1.82) is 5.41 Å². The smallest absolute Gasteiger partial charge is 0.336 e. The third-order valence-electron chi connectivity index (χ3n) is 10.5. The number of fused-ring (bicyclic) bond motifs is 4. The van der Waals surface area contributed by atoms with Gasteiger partial charge in [0, 0.05) is 75.1 Å². The van der Waals surface area contributed by atoms with Gasteiger partial charge in [0.25, 0.3) is 5.91 Å². The first-order valence-corrected chi connectivity index (χ1v) is 19.6. The van der Waals surface area contributed by atoms with E-state index >= 15 is 0 Å². The van der Waals surface area contributed by atoms with Crippen molar-refractivity contribution in [2.45, 2.75) is 6.54 Å². The number of phenols is 1. The molecule has 0 unspecified atom stereocenters. The van der Waals surface area contributed by atoms with Gasteiger partial charge < -0.3 is 51.0 Å². The fraction of sp³-hybridized carbons (Fsp3) is 0.0408. The van der Waals surface area contributed by atoms with Crippen molar-refractivity contribution in [1.82, 2.24) is 10.6 Å². The highest BCUT2D eigenvalue weighted by Crippen LogP contribution is 2.44. The van der Waals surface area contributed by atoms with Crippen LogP contribution in [-0.4, -0.2) is 56.7 Å². The number of allylic oxidation sites excluding steroid dienone is 2. The van der Waals surface area contributed by atoms with Crippen molar-refractivity contribution >= 4 is 57.3 Å². The molecule has 0 saturated carbocycles. The van der Waals surface area contributed by atoms with E-state index in [0.29, 0.717) is 50.1 Å². The molecular formula is C49H34N4O12. The number of amides is 2. The number of aromatic hydroxyl groups is 1. The summed E-state index contributed by atoms with van der Waals surface area (Å²) in [4.78, 5) is 75.9. The van der Waals surface area contributed by atoms with Crippen LogP contribution >= 0.6 is 0 Å². The van der Waals surface area contributed by atoms with E-state index in [1.54, 1.807) is 42.5 Å². The van der Waals surface area contributed by atoms with E-state index in [4.69, 9.17) is 20.0 Å². The average molecular weight is 871 g/mol. The number of carboxylic acid groups (broad SMARTS) is 3. The highest BCUT2D eigenvalue weighted by molar-refractivity contribution is 6.10. The third-order valence-corrected chi connectivity index (χ3v) is 10.5. The molecule has 8 rings (SSSR count). The van der Waals surface area contributed by atoms with E-state index < -0.39 is 35.2 Å². The highest BCUT2D eigenvalue weighted by Gasteiger charge is 2.27. The number of nitrogens with two attached hydrogens (primary N) is 1. The molecule has 0 spiro atoms. The van der Waals surface area contributed by atoms with E-state index in [2.05, 4.69) is 10.6 Å². The molecule has 4 aromatic rings. The Morgan fingerprint density at radius 3 is 1.98 bits per heavy atom. The van der Waals surface area contributed by atoms with Crippen LogP contribution in [0.5, 0.6) is 5.75 Å². The van der Waals surface area contributed by atoms with Gasteiger partial charge in [0.15, 0.2) is 5.43 Å². The Morgan fingerprint density at radius 1 is 0.646 bits per heavy atom. The Kier molecular flexibility index (Phi) is 11.2. The molecule has 0 saturated heterocycles. The van der Waals surface area contributed by atoms with E-state index in [1.165, 1.54) is 78.9 Å². The molecule has 0 fully saturated rings. The highest BCUT2D eigenvalue weighted by atomic mass is 16.4. The number of hydrogen-bond acceptors (Lipinski definition) is 11. The van der Waals surface area contributed by atoms with Gasteiger partial charge in [-0.05, 0) is 83.9 Å². The molecule has 16 heteroatoms. The van der Waals surface area contributed by atoms with Crippen molar-refractivity contribution in [2.75, 3.05) is 12.3 Å². The molecule has 9 N–H and O–H groups in total. The predicted octanol–water partition coefficient (Wildman–Crippen LogP) is 7.10. The second kappa shape index (κ2) is 17.2. The standard InChI is InChI=1S/C49H34N4O12/c50-26-7-12-31-39(20-26)64-40-21-27(51)8-13-32(40)43(31)29-10-5-24(18-35(29)48(60)61)46(57)52-17-3-1-2-4-42(56)53-23-37-38(55)16-15-34-44(33-14-9-28(54)22-41(33)65-45(34)37)30-11-6-25(47(58)59)19-36(30)49(62)63/h1-16,18-22,50,54H,17,23,51H2,(H,52,57)(H,53,56)(H,58,59)(H,60,61)(H,62,63)/b3-1+,4-2+,50-26?. The number of phenolic OH excluding ortho intramolecular Hbond substituents is 1. The summed E-state index contributed by atoms with van der Waals surface area (Å²) in [5.41, 5.74) is 7.90. The van der Waals surface area contributed by atoms with Crippen LogP contribution < -0.4 is 27.2 Å². The molecule has 0 aromatic heterocycles. The van der Waals surface area contributed by atoms with Gasteiger partial charge in [0.05, 0.1) is 34.2 Å². The number of aromatic carboxylic acids is 3. The van der Waals surface area contributed by atoms with Gasteiger partial charge in [-0.2, -0.15) is 0 Å². The molecule has 2 aliphatic heterocycles. The van der Waals surface area contributed by atoms with Gasteiger partial charge >= 0.3 is 17.9 Å². The van der Waals surface area contributed by atoms with Gasteiger partial charge in [-0.3, -0.25) is 14.4 Å². The van der Waals surface area contributed by atoms with Crippen LogP contribution in [0.25, 0.3) is 66.8 Å². The van der Waals surface area contributed by atoms with E-state index in [9.17, 15) is 49.2 Å². The number of benzene rings is 6. The lowest BCUT2D eigenvalue weighted by Gasteiger charge is -2.19. The fourth-order valence-corrected chi connectivity index (χ4v) is 7.57. The molecule has 2 amide bonds. The molecular weight excluding hydrogens is 837 g/mol. The number of carboxylic acids is 3. The molecule has 16 nitrogen and oxygen atoms in total. The molecule has 2 heterocycles. The number of hydrogen-bond donors (Lipinski definition) is 8. The Hall–Kier alpha value is -9.31. The maximum atomic E-state index is 13.2. The molecule has 322 valence electrons. The first-order chi connectivity index (χ1) is 31.2. The van der Waals surface area contributed by atoms with E-state index in [1.807, 2.05) is 0 Å². The van der Waals surface area contributed by atoms with Crippen molar-refractivity contribution in [3.8, 4) is 50.7 Å². The number of rotatable bonds is 12. The summed E-state index contributed by atoms with van der Waals surface area (Å²) >= 11 is 0. The first-order valence-electron chi connectivity index (χ1n) is 19.6. The summed E-state index contributed by atoms with van der Waals surface area (Å²) in [5, 5.41) is 54.6. The summed E-state index contributed by atoms with van der Waals surface area (Å²) in [7, 11) is 0. The van der Waals surface area contributed by atoms with Crippen LogP contribution in [0.3, 0.4) is 0 Å². The third kappa shape index (κ3) is 8.37. The molecule has 65 heavy (non-hydrogen) atoms. The maximum absolute atomic E-state index is 13.2. The zero-order valence-corrected chi connectivity index (χ0v) is 33.7. The Labute approximate surface area is 366 Å². The Balaban J connectivity index is 0.967. The van der Waals surface area contributed by atoms with Crippen LogP contribution in [0.2, 0.25) is 0 Å². The fourth-order valence-electron chi connectivity index (χ4n) is 7.57. The zero-order valence-electron chi connectivity index (χ0n) is 33.7. The molecule has 0 atom stereocenters. The summed E-state index contributed by atoms with van der Waals surface area (Å²) in [6, 6.07) is 24.5. The minimum atomic E-state index is -1.40. The number of nitrogen functional groups attached to an aromatic ring is 1. The quantitative estimate of drug-likeness (QED) is 0.0263. The lowest BCUT2D eigenvalue weighted by molar-refractivity contribution is -0.116. The maximum Gasteiger partial charge on any atom is 0.336 e. The second-order valence-corrected chi connectivity index (χ2v) is 14.7. The Morgan fingerprint density at radius 2 is 1.28 bits per heavy atom. The van der Waals surface area contributed by atoms with E-state index in [-0.39, 0.29) is 74.5 Å². The summed E-state index contributed by atoms with van der Waals surface area (Å²) < 4.78 is 12.1. The van der Waals surface area contributed by atoms with Crippen molar-refractivity contribution in [3.63, 3.8) is 0 Å². The minimum Gasteiger partial charge on any atom is -0.508 e. The normalized spacial score (nSPS) is 11.5. The van der Waals surface area contributed by atoms with Crippen LogP contribution in [0.4, 0.5) is 5.69 Å². The van der Waals surface area contributed by atoms with Gasteiger partial charge in [0.2, 0.25) is 5.91 Å². The number of nitrogens with one attached hydrogen (secondary N) is 3. The van der Waals surface area contributed by atoms with Crippen LogP contribution in [0.1, 0.15) is 47.0 Å². The van der Waals surface area contributed by atoms with Crippen molar-refractivity contribution < 1.29 is 53.2 Å². The summed E-state index contributed by atoms with van der Waals surface area (Å²) in [6.45, 7) is -0.313. The van der Waals surface area contributed by atoms with Gasteiger partial charge in [0.1, 0.15) is 28.4 Å². The molecule has 4 aliphatic rings. The van der Waals surface area contributed by atoms with Gasteiger partial charge in [-0.1, -0.05) is 30.4 Å². The zero-order chi connectivity index (χ0) is 46.1. The number of carbonyl (C=O) groups is 5. The van der Waals surface area contributed by atoms with Gasteiger partial charge in [-0.15, -0.1) is 0 Å². The summed E-state index contributed by atoms with van der Waals surface area (Å²) in [6.07, 6.45) is 5.60. The SMILES string of the molecule is N=c1ccc2c(-c3ccc(C(=O)NC/C=C/C=C/C(=O)NCc4c5oc6cc(O)ccc6c(-c6ccc(C(=O)O)cc6C(=O)O)c-5ccc4=O)cc3C(=O)O)c3ccc(N)cc3oc-2c1. The van der Waals surface area contributed by atoms with Gasteiger partial charge in [-0.25, -0.2) is 14.4 Å². The van der Waals surface area contributed by atoms with E-state index in [0.717, 1.165) is 6.07 Å². The largest absolute Gasteiger partial charge is 0.508 e. The average Bonchev–Trinajstić information content (AvgIpc) is 3.27. The van der Waals surface area contributed by atoms with Crippen LogP contribution in [0, 0.1) is 5.41 Å². The number of anilines is 1. The van der Waals surface area contributed by atoms with Crippen molar-refractivity contribution in [3.05, 3.63) is 171 Å². The lowest BCUT2D eigenvalue weighted by atomic mass is 9.88. The first kappa shape index (κ1) is 42.4. The predicted molar refractivity (Wildman–Crippen MR) is 238 cm³/mol. The topological polar surface area (TPSA) is 284 Å². The summed E-state index contributed by atoms with van der Waals surface area (Å²) in [5.74, 6) is -5.00. The second-order valence-electron chi connectivity index (χ2n) is 14.7. The molecule has 0 radical (unpaired) electrons. The molecule has 2 aliphatic carbocycles. The lowest BCUT2D eigenvalue weighted by Crippen LogP contribution is -2.25.